The molecule has 2 aliphatic carbocycles. The summed E-state index contributed by atoms with van der Waals surface area (Å²) >= 11 is 3.73. The average Bonchev–Trinajstić information content (AvgIpc) is 4.34. The van der Waals surface area contributed by atoms with Gasteiger partial charge in [-0.1, -0.05) is 133 Å². The quantitative estimate of drug-likeness (QED) is 0.166. The van der Waals surface area contributed by atoms with E-state index in [2.05, 4.69) is 228 Å². The third-order valence-corrected chi connectivity index (χ3v) is 17.9. The predicted octanol–water partition coefficient (Wildman–Crippen LogP) is 17.8. The van der Waals surface area contributed by atoms with Gasteiger partial charge in [-0.15, -0.1) is 22.7 Å². The molecular weight excluding hydrogens is 925 g/mol. The highest BCUT2D eigenvalue weighted by atomic mass is 32.1. The molecule has 0 radical (unpaired) electrons. The second kappa shape index (κ2) is 15.5. The number of pyridine rings is 2. The van der Waals surface area contributed by atoms with Crippen molar-refractivity contribution in [1.29, 1.82) is 0 Å². The van der Waals surface area contributed by atoms with Crippen molar-refractivity contribution in [3.05, 3.63) is 265 Å². The molecule has 2 aliphatic rings. The Balaban J connectivity index is 0.806. The standard InChI is InChI=1S/C67H40N4S2/c1-5-17-53-45(13-1)46-14-2-6-18-54(46)67(53)55-39-43(63-33-31-61(72-63)41-25-29-59-51(37-41)49-15-3-7-19-57(49)70(59)65-21-9-11-35-68-65)23-27-47(55)48-28-24-44(40-56(48)67)64-34-32-62(73-64)42-26-30-60-52(38-42)50-16-4-8-20-58(50)71(60)66-22-10-12-36-69-66/h1-40H. The Kier molecular flexibility index (Phi) is 8.67. The monoisotopic (exact) mass is 964 g/mol. The van der Waals surface area contributed by atoms with Crippen molar-refractivity contribution in [2.24, 2.45) is 0 Å². The third kappa shape index (κ3) is 5.82. The molecule has 0 amide bonds. The van der Waals surface area contributed by atoms with Crippen LogP contribution in [0.3, 0.4) is 0 Å². The lowest BCUT2D eigenvalue weighted by Crippen LogP contribution is -2.26. The zero-order valence-corrected chi connectivity index (χ0v) is 40.8. The van der Waals surface area contributed by atoms with Gasteiger partial charge in [0.25, 0.3) is 0 Å². The van der Waals surface area contributed by atoms with Gasteiger partial charge >= 0.3 is 0 Å². The number of rotatable bonds is 6. The number of benzene rings is 8. The van der Waals surface area contributed by atoms with Crippen LogP contribution in [-0.2, 0) is 5.41 Å². The number of para-hydroxylation sites is 2. The highest BCUT2D eigenvalue weighted by Crippen LogP contribution is 2.64. The van der Waals surface area contributed by atoms with Gasteiger partial charge in [0.05, 0.1) is 27.5 Å². The summed E-state index contributed by atoms with van der Waals surface area (Å²) in [4.78, 5) is 14.5. The molecule has 16 rings (SSSR count). The van der Waals surface area contributed by atoms with E-state index >= 15 is 0 Å². The van der Waals surface area contributed by atoms with Crippen LogP contribution in [0.5, 0.6) is 0 Å². The van der Waals surface area contributed by atoms with Gasteiger partial charge < -0.3 is 0 Å². The maximum Gasteiger partial charge on any atom is 0.137 e. The lowest BCUT2D eigenvalue weighted by atomic mass is 9.70. The Hall–Kier alpha value is -8.94. The van der Waals surface area contributed by atoms with Crippen molar-refractivity contribution >= 4 is 66.3 Å². The van der Waals surface area contributed by atoms with E-state index in [1.807, 2.05) is 47.2 Å². The van der Waals surface area contributed by atoms with Gasteiger partial charge in [0.2, 0.25) is 0 Å². The van der Waals surface area contributed by atoms with Gasteiger partial charge in [-0.25, -0.2) is 9.97 Å². The molecule has 4 nitrogen and oxygen atoms in total. The molecule has 0 aliphatic heterocycles. The minimum absolute atomic E-state index is 0.482. The number of nitrogens with zero attached hydrogens (tertiary/aromatic N) is 4. The lowest BCUT2D eigenvalue weighted by molar-refractivity contribution is 0.794. The molecule has 0 N–H and O–H groups in total. The first-order chi connectivity index (χ1) is 36.2. The molecule has 340 valence electrons. The Morgan fingerprint density at radius 3 is 1.11 bits per heavy atom. The molecule has 8 aromatic carbocycles. The second-order valence-corrected chi connectivity index (χ2v) is 21.4. The third-order valence-electron chi connectivity index (χ3n) is 15.5. The van der Waals surface area contributed by atoms with E-state index < -0.39 is 5.41 Å². The van der Waals surface area contributed by atoms with Crippen LogP contribution in [0.1, 0.15) is 22.3 Å². The fourth-order valence-corrected chi connectivity index (χ4v) is 14.5. The molecule has 73 heavy (non-hydrogen) atoms. The van der Waals surface area contributed by atoms with Gasteiger partial charge in [-0.3, -0.25) is 9.13 Å². The first-order valence-corrected chi connectivity index (χ1v) is 26.4. The summed E-state index contributed by atoms with van der Waals surface area (Å²) in [6.07, 6.45) is 3.73. The average molecular weight is 965 g/mol. The number of fused-ring (bicyclic) bond motifs is 16. The molecule has 0 atom stereocenters. The van der Waals surface area contributed by atoms with Gasteiger partial charge in [0.1, 0.15) is 11.6 Å². The van der Waals surface area contributed by atoms with Gasteiger partial charge in [-0.05, 0) is 164 Å². The van der Waals surface area contributed by atoms with Crippen LogP contribution >= 0.6 is 22.7 Å². The van der Waals surface area contributed by atoms with Crippen molar-refractivity contribution < 1.29 is 0 Å². The molecule has 0 fully saturated rings. The maximum atomic E-state index is 4.74. The summed E-state index contributed by atoms with van der Waals surface area (Å²) in [6, 6.07) is 85.3. The smallest absolute Gasteiger partial charge is 0.137 e. The van der Waals surface area contributed by atoms with Crippen LogP contribution < -0.4 is 0 Å². The molecule has 1 spiro atoms. The van der Waals surface area contributed by atoms with Crippen LogP contribution in [0.4, 0.5) is 0 Å². The van der Waals surface area contributed by atoms with Crippen LogP contribution in [0, 0.1) is 0 Å². The summed E-state index contributed by atoms with van der Waals surface area (Å²) in [5.74, 6) is 1.85. The Morgan fingerprint density at radius 1 is 0.288 bits per heavy atom. The highest BCUT2D eigenvalue weighted by molar-refractivity contribution is 7.19. The summed E-state index contributed by atoms with van der Waals surface area (Å²) < 4.78 is 4.55. The Bertz CT molecular complexity index is 4280. The summed E-state index contributed by atoms with van der Waals surface area (Å²) in [5.41, 5.74) is 19.7. The molecule has 14 aromatic rings. The summed E-state index contributed by atoms with van der Waals surface area (Å²) in [5, 5.41) is 4.91. The first kappa shape index (κ1) is 40.8. The van der Waals surface area contributed by atoms with E-state index in [4.69, 9.17) is 9.97 Å². The molecule has 0 unspecified atom stereocenters. The Morgan fingerprint density at radius 2 is 0.658 bits per heavy atom. The number of hydrogen-bond donors (Lipinski definition) is 0. The highest BCUT2D eigenvalue weighted by Gasteiger charge is 2.51. The minimum Gasteiger partial charge on any atom is -0.294 e. The zero-order chi connectivity index (χ0) is 47.8. The van der Waals surface area contributed by atoms with E-state index in [9.17, 15) is 0 Å². The van der Waals surface area contributed by atoms with E-state index in [1.54, 1.807) is 0 Å². The Labute approximate surface area is 429 Å². The topological polar surface area (TPSA) is 35.6 Å². The minimum atomic E-state index is -0.482. The van der Waals surface area contributed by atoms with Crippen molar-refractivity contribution in [3.8, 4) is 75.7 Å². The van der Waals surface area contributed by atoms with E-state index in [-0.39, 0.29) is 0 Å². The SMILES string of the molecule is c1ccc(-n2c3ccccc3c3cc(-c4ccc(-c5ccc6c(c5)C5(c7ccccc7-c7ccccc75)c5cc(-c7ccc(-c8ccc9c(c8)c8ccccc8n9-c8ccccn8)s7)ccc5-6)s4)ccc32)nc1. The number of thiophene rings is 2. The van der Waals surface area contributed by atoms with E-state index in [0.29, 0.717) is 0 Å². The fraction of sp³-hybridized carbons (Fsp3) is 0.0149. The normalized spacial score (nSPS) is 13.0. The molecule has 6 heteroatoms. The van der Waals surface area contributed by atoms with Crippen LogP contribution in [-0.4, -0.2) is 19.1 Å². The fourth-order valence-electron chi connectivity index (χ4n) is 12.5. The molecule has 0 saturated carbocycles. The maximum absolute atomic E-state index is 4.74. The molecule has 6 aromatic heterocycles. The van der Waals surface area contributed by atoms with Crippen LogP contribution in [0.2, 0.25) is 0 Å². The summed E-state index contributed by atoms with van der Waals surface area (Å²) in [6.45, 7) is 0. The van der Waals surface area contributed by atoms with Crippen molar-refractivity contribution in [3.63, 3.8) is 0 Å². The lowest BCUT2D eigenvalue weighted by Gasteiger charge is -2.31. The van der Waals surface area contributed by atoms with Gasteiger partial charge in [0.15, 0.2) is 0 Å². The number of hydrogen-bond acceptors (Lipinski definition) is 4. The van der Waals surface area contributed by atoms with Crippen molar-refractivity contribution in [1.82, 2.24) is 19.1 Å². The van der Waals surface area contributed by atoms with Crippen molar-refractivity contribution in [2.75, 3.05) is 0 Å². The van der Waals surface area contributed by atoms with E-state index in [1.165, 1.54) is 108 Å². The summed E-state index contributed by atoms with van der Waals surface area (Å²) in [7, 11) is 0. The van der Waals surface area contributed by atoms with Gasteiger partial charge in [0, 0.05) is 53.4 Å². The molecule has 6 heterocycles. The first-order valence-electron chi connectivity index (χ1n) is 24.8. The number of aromatic nitrogens is 4. The molecule has 0 bridgehead atoms. The molecule has 0 saturated heterocycles. The van der Waals surface area contributed by atoms with Crippen LogP contribution in [0.25, 0.3) is 119 Å². The van der Waals surface area contributed by atoms with E-state index in [0.717, 1.165) is 33.7 Å². The van der Waals surface area contributed by atoms with Gasteiger partial charge in [-0.2, -0.15) is 0 Å². The largest absolute Gasteiger partial charge is 0.294 e. The zero-order valence-electron chi connectivity index (χ0n) is 39.2. The predicted molar refractivity (Wildman–Crippen MR) is 305 cm³/mol. The molecular formula is C67H40N4S2. The second-order valence-electron chi connectivity index (χ2n) is 19.2. The van der Waals surface area contributed by atoms with Crippen molar-refractivity contribution in [2.45, 2.75) is 5.41 Å². The van der Waals surface area contributed by atoms with Crippen LogP contribution in [0.15, 0.2) is 243 Å².